The molecule has 18 heavy (non-hydrogen) atoms. The van der Waals surface area contributed by atoms with E-state index in [1.807, 2.05) is 19.9 Å². The number of rotatable bonds is 5. The molecule has 6 nitrogen and oxygen atoms in total. The van der Waals surface area contributed by atoms with Crippen molar-refractivity contribution in [3.05, 3.63) is 17.5 Å². The summed E-state index contributed by atoms with van der Waals surface area (Å²) in [6, 6.07) is 1.25. The molecule has 1 aromatic heterocycles. The Hall–Kier alpha value is -1.85. The first-order chi connectivity index (χ1) is 8.43. The van der Waals surface area contributed by atoms with Gasteiger partial charge in [0.05, 0.1) is 12.3 Å². The molecule has 0 aliphatic carbocycles. The Bertz CT molecular complexity index is 440. The Balaban J connectivity index is 2.51. The molecule has 1 amide bonds. The number of nitrogens with one attached hydrogen (secondary N) is 1. The Kier molecular flexibility index (Phi) is 4.88. The molecule has 1 aromatic rings. The van der Waals surface area contributed by atoms with Crippen LogP contribution in [0.25, 0.3) is 0 Å². The minimum atomic E-state index is -0.644. The standard InChI is InChI=1S/C12H19N3O3/c1-5-18-12(17)10(4)13-11(16)7-15-9(3)6-8(2)14-15/h6,10H,5,7H2,1-4H3,(H,13,16). The molecule has 1 heterocycles. The number of hydrogen-bond acceptors (Lipinski definition) is 4. The lowest BCUT2D eigenvalue weighted by atomic mass is 10.3. The molecule has 0 aliphatic heterocycles. The number of aryl methyl sites for hydroxylation is 2. The number of amides is 1. The van der Waals surface area contributed by atoms with Gasteiger partial charge in [-0.3, -0.25) is 9.48 Å². The van der Waals surface area contributed by atoms with Crippen LogP contribution in [0.15, 0.2) is 6.07 Å². The highest BCUT2D eigenvalue weighted by Gasteiger charge is 2.17. The van der Waals surface area contributed by atoms with Crippen LogP contribution in [-0.2, 0) is 20.9 Å². The van der Waals surface area contributed by atoms with Gasteiger partial charge in [-0.2, -0.15) is 5.10 Å². The highest BCUT2D eigenvalue weighted by Crippen LogP contribution is 2.01. The summed E-state index contributed by atoms with van der Waals surface area (Å²) in [5.41, 5.74) is 1.77. The maximum absolute atomic E-state index is 11.7. The lowest BCUT2D eigenvalue weighted by molar-refractivity contribution is -0.146. The Morgan fingerprint density at radius 1 is 1.50 bits per heavy atom. The molecule has 0 radical (unpaired) electrons. The zero-order valence-corrected chi connectivity index (χ0v) is 11.2. The highest BCUT2D eigenvalue weighted by atomic mass is 16.5. The van der Waals surface area contributed by atoms with Crippen molar-refractivity contribution in [2.24, 2.45) is 0 Å². The van der Waals surface area contributed by atoms with Crippen molar-refractivity contribution < 1.29 is 14.3 Å². The molecular weight excluding hydrogens is 234 g/mol. The SMILES string of the molecule is CCOC(=O)C(C)NC(=O)Cn1nc(C)cc1C. The second-order valence-electron chi connectivity index (χ2n) is 4.13. The number of aromatic nitrogens is 2. The normalized spacial score (nSPS) is 12.0. The van der Waals surface area contributed by atoms with Crippen molar-refractivity contribution in [2.45, 2.75) is 40.3 Å². The van der Waals surface area contributed by atoms with Crippen LogP contribution in [0, 0.1) is 13.8 Å². The Morgan fingerprint density at radius 2 is 2.17 bits per heavy atom. The largest absolute Gasteiger partial charge is 0.464 e. The lowest BCUT2D eigenvalue weighted by Crippen LogP contribution is -2.41. The van der Waals surface area contributed by atoms with Crippen LogP contribution in [-0.4, -0.2) is 34.3 Å². The number of nitrogens with zero attached hydrogens (tertiary/aromatic N) is 2. The van der Waals surface area contributed by atoms with Crippen molar-refractivity contribution >= 4 is 11.9 Å². The van der Waals surface area contributed by atoms with Crippen LogP contribution in [0.2, 0.25) is 0 Å². The molecule has 0 spiro atoms. The van der Waals surface area contributed by atoms with Crippen molar-refractivity contribution in [1.82, 2.24) is 15.1 Å². The number of esters is 1. The van der Waals surface area contributed by atoms with E-state index in [0.29, 0.717) is 6.61 Å². The van der Waals surface area contributed by atoms with Gasteiger partial charge in [0, 0.05) is 5.69 Å². The van der Waals surface area contributed by atoms with Crippen LogP contribution in [0.1, 0.15) is 25.2 Å². The van der Waals surface area contributed by atoms with Crippen LogP contribution in [0.3, 0.4) is 0 Å². The predicted molar refractivity (Wildman–Crippen MR) is 65.9 cm³/mol. The molecule has 6 heteroatoms. The molecule has 0 bridgehead atoms. The van der Waals surface area contributed by atoms with E-state index in [-0.39, 0.29) is 12.5 Å². The maximum atomic E-state index is 11.7. The molecule has 1 N–H and O–H groups in total. The van der Waals surface area contributed by atoms with E-state index in [2.05, 4.69) is 10.4 Å². The predicted octanol–water partition coefficient (Wildman–Crippen LogP) is 0.568. The van der Waals surface area contributed by atoms with Crippen molar-refractivity contribution in [2.75, 3.05) is 6.61 Å². The van der Waals surface area contributed by atoms with Crippen molar-refractivity contribution in [3.63, 3.8) is 0 Å². The summed E-state index contributed by atoms with van der Waals surface area (Å²) in [6.45, 7) is 7.46. The minimum Gasteiger partial charge on any atom is -0.464 e. The van der Waals surface area contributed by atoms with Crippen LogP contribution < -0.4 is 5.32 Å². The quantitative estimate of drug-likeness (QED) is 0.778. The van der Waals surface area contributed by atoms with E-state index in [9.17, 15) is 9.59 Å². The molecule has 100 valence electrons. The first kappa shape index (κ1) is 14.2. The average molecular weight is 253 g/mol. The maximum Gasteiger partial charge on any atom is 0.328 e. The van der Waals surface area contributed by atoms with Gasteiger partial charge in [-0.25, -0.2) is 4.79 Å². The van der Waals surface area contributed by atoms with Gasteiger partial charge < -0.3 is 10.1 Å². The third kappa shape index (κ3) is 3.87. The zero-order valence-electron chi connectivity index (χ0n) is 11.2. The van der Waals surface area contributed by atoms with Crippen LogP contribution in [0.4, 0.5) is 0 Å². The number of hydrogen-bond donors (Lipinski definition) is 1. The molecule has 0 saturated carbocycles. The van der Waals surface area contributed by atoms with Gasteiger partial charge in [0.15, 0.2) is 0 Å². The van der Waals surface area contributed by atoms with Crippen LogP contribution >= 0.6 is 0 Å². The molecule has 0 aliphatic rings. The number of carbonyl (C=O) groups excluding carboxylic acids is 2. The summed E-state index contributed by atoms with van der Waals surface area (Å²) in [5, 5.41) is 6.75. The van der Waals surface area contributed by atoms with E-state index in [0.717, 1.165) is 11.4 Å². The van der Waals surface area contributed by atoms with E-state index in [1.165, 1.54) is 0 Å². The van der Waals surface area contributed by atoms with Crippen molar-refractivity contribution in [1.29, 1.82) is 0 Å². The van der Waals surface area contributed by atoms with Gasteiger partial charge in [0.25, 0.3) is 0 Å². The third-order valence-electron chi connectivity index (χ3n) is 2.41. The summed E-state index contributed by atoms with van der Waals surface area (Å²) in [4.78, 5) is 23.1. The average Bonchev–Trinajstić information content (AvgIpc) is 2.57. The van der Waals surface area contributed by atoms with Gasteiger partial charge in [-0.05, 0) is 33.8 Å². The van der Waals surface area contributed by atoms with Crippen LogP contribution in [0.5, 0.6) is 0 Å². The molecular formula is C12H19N3O3. The van der Waals surface area contributed by atoms with E-state index < -0.39 is 12.0 Å². The van der Waals surface area contributed by atoms with Gasteiger partial charge in [0.1, 0.15) is 12.6 Å². The first-order valence-electron chi connectivity index (χ1n) is 5.91. The summed E-state index contributed by atoms with van der Waals surface area (Å²) in [6.07, 6.45) is 0. The second-order valence-corrected chi connectivity index (χ2v) is 4.13. The topological polar surface area (TPSA) is 73.2 Å². The fraction of sp³-hybridized carbons (Fsp3) is 0.583. The molecule has 1 rings (SSSR count). The lowest BCUT2D eigenvalue weighted by Gasteiger charge is -2.12. The molecule has 0 fully saturated rings. The third-order valence-corrected chi connectivity index (χ3v) is 2.41. The summed E-state index contributed by atoms with van der Waals surface area (Å²) < 4.78 is 6.41. The molecule has 1 atom stereocenters. The molecule has 1 unspecified atom stereocenters. The fourth-order valence-electron chi connectivity index (χ4n) is 1.58. The number of carbonyl (C=O) groups is 2. The summed E-state index contributed by atoms with van der Waals surface area (Å²) >= 11 is 0. The Labute approximate surface area is 106 Å². The minimum absolute atomic E-state index is 0.101. The van der Waals surface area contributed by atoms with Gasteiger partial charge in [-0.15, -0.1) is 0 Å². The smallest absolute Gasteiger partial charge is 0.328 e. The second kappa shape index (κ2) is 6.18. The van der Waals surface area contributed by atoms with Gasteiger partial charge in [-0.1, -0.05) is 0 Å². The van der Waals surface area contributed by atoms with Crippen molar-refractivity contribution in [3.8, 4) is 0 Å². The van der Waals surface area contributed by atoms with E-state index >= 15 is 0 Å². The van der Waals surface area contributed by atoms with Gasteiger partial charge >= 0.3 is 5.97 Å². The number of ether oxygens (including phenoxy) is 1. The fourth-order valence-corrected chi connectivity index (χ4v) is 1.58. The van der Waals surface area contributed by atoms with E-state index in [4.69, 9.17) is 4.74 Å². The monoisotopic (exact) mass is 253 g/mol. The summed E-state index contributed by atoms with van der Waals surface area (Å²) in [7, 11) is 0. The first-order valence-corrected chi connectivity index (χ1v) is 5.91. The molecule has 0 saturated heterocycles. The summed E-state index contributed by atoms with van der Waals surface area (Å²) in [5.74, 6) is -0.694. The Morgan fingerprint density at radius 3 is 2.67 bits per heavy atom. The van der Waals surface area contributed by atoms with E-state index in [1.54, 1.807) is 18.5 Å². The van der Waals surface area contributed by atoms with Gasteiger partial charge in [0.2, 0.25) is 5.91 Å². The highest BCUT2D eigenvalue weighted by molar-refractivity contribution is 5.83. The molecule has 0 aromatic carbocycles. The zero-order chi connectivity index (χ0) is 13.7.